The number of aliphatic carboxylic acids is 1. The van der Waals surface area contributed by atoms with Gasteiger partial charge < -0.3 is 15.5 Å². The van der Waals surface area contributed by atoms with Gasteiger partial charge in [0.05, 0.1) is 16.9 Å². The van der Waals surface area contributed by atoms with Gasteiger partial charge in [-0.1, -0.05) is 13.3 Å². The summed E-state index contributed by atoms with van der Waals surface area (Å²) in [5, 5.41) is 21.1. The molecule has 0 spiro atoms. The molecule has 0 saturated heterocycles. The van der Waals surface area contributed by atoms with E-state index in [1.807, 2.05) is 13.0 Å². The Morgan fingerprint density at radius 1 is 1.45 bits per heavy atom. The lowest BCUT2D eigenvalue weighted by molar-refractivity contribution is -0.141. The van der Waals surface area contributed by atoms with E-state index in [0.29, 0.717) is 4.88 Å². The number of rotatable bonds is 7. The number of aliphatic hydroxyl groups is 1. The zero-order valence-electron chi connectivity index (χ0n) is 12.0. The van der Waals surface area contributed by atoms with Crippen molar-refractivity contribution in [3.63, 3.8) is 0 Å². The molecule has 6 heteroatoms. The third-order valence-electron chi connectivity index (χ3n) is 2.93. The highest BCUT2D eigenvalue weighted by molar-refractivity contribution is 7.14. The molecule has 1 aromatic rings. The first-order valence-electron chi connectivity index (χ1n) is 6.57. The summed E-state index contributed by atoms with van der Waals surface area (Å²) in [7, 11) is 0. The van der Waals surface area contributed by atoms with Gasteiger partial charge >= 0.3 is 5.97 Å². The van der Waals surface area contributed by atoms with E-state index in [2.05, 4.69) is 12.2 Å². The monoisotopic (exact) mass is 299 g/mol. The van der Waals surface area contributed by atoms with Crippen molar-refractivity contribution in [2.45, 2.75) is 45.6 Å². The molecule has 3 N–H and O–H groups in total. The molecule has 1 atom stereocenters. The molecule has 20 heavy (non-hydrogen) atoms. The Bertz CT molecular complexity index is 493. The Morgan fingerprint density at radius 3 is 2.65 bits per heavy atom. The van der Waals surface area contributed by atoms with Gasteiger partial charge in [-0.2, -0.15) is 0 Å². The maximum Gasteiger partial charge on any atom is 0.306 e. The van der Waals surface area contributed by atoms with Gasteiger partial charge in [0.15, 0.2) is 0 Å². The van der Waals surface area contributed by atoms with Crippen LogP contribution in [0.5, 0.6) is 0 Å². The molecule has 0 aromatic carbocycles. The molecule has 0 bridgehead atoms. The first kappa shape index (κ1) is 16.7. The van der Waals surface area contributed by atoms with Gasteiger partial charge in [0, 0.05) is 11.4 Å². The van der Waals surface area contributed by atoms with Crippen LogP contribution in [-0.2, 0) is 11.2 Å². The molecule has 5 nitrogen and oxygen atoms in total. The number of nitrogens with one attached hydrogen (secondary N) is 1. The molecule has 112 valence electrons. The summed E-state index contributed by atoms with van der Waals surface area (Å²) >= 11 is 1.42. The Morgan fingerprint density at radius 2 is 2.10 bits per heavy atom. The molecule has 0 aliphatic heterocycles. The van der Waals surface area contributed by atoms with Crippen LogP contribution in [0.1, 0.15) is 46.8 Å². The molecule has 1 heterocycles. The van der Waals surface area contributed by atoms with Crippen molar-refractivity contribution < 1.29 is 19.8 Å². The van der Waals surface area contributed by atoms with Crippen LogP contribution in [0.3, 0.4) is 0 Å². The van der Waals surface area contributed by atoms with Gasteiger partial charge in [0.25, 0.3) is 5.91 Å². The highest BCUT2D eigenvalue weighted by Gasteiger charge is 2.25. The van der Waals surface area contributed by atoms with Crippen LogP contribution in [0.15, 0.2) is 6.07 Å². The lowest BCUT2D eigenvalue weighted by Gasteiger charge is -2.21. The number of hydrogen-bond donors (Lipinski definition) is 3. The van der Waals surface area contributed by atoms with E-state index in [-0.39, 0.29) is 12.5 Å². The minimum absolute atomic E-state index is 0.0851. The summed E-state index contributed by atoms with van der Waals surface area (Å²) in [5.74, 6) is -1.37. The molecule has 0 aliphatic carbocycles. The molecular formula is C14H21NO4S. The predicted molar refractivity (Wildman–Crippen MR) is 78.3 cm³/mol. The molecule has 1 amide bonds. The van der Waals surface area contributed by atoms with Gasteiger partial charge in [-0.3, -0.25) is 9.59 Å². The minimum Gasteiger partial charge on any atom is -0.481 e. The van der Waals surface area contributed by atoms with E-state index in [1.165, 1.54) is 23.8 Å². The molecule has 1 rings (SSSR count). The first-order chi connectivity index (χ1) is 9.25. The van der Waals surface area contributed by atoms with Crippen molar-refractivity contribution in [1.29, 1.82) is 0 Å². The number of thiophene rings is 1. The second kappa shape index (κ2) is 6.85. The maximum absolute atomic E-state index is 12.0. The predicted octanol–water partition coefficient (Wildman–Crippen LogP) is 1.96. The van der Waals surface area contributed by atoms with Crippen molar-refractivity contribution in [3.05, 3.63) is 21.4 Å². The van der Waals surface area contributed by atoms with Crippen LogP contribution >= 0.6 is 11.3 Å². The summed E-state index contributed by atoms with van der Waals surface area (Å²) < 4.78 is 0. The van der Waals surface area contributed by atoms with E-state index in [4.69, 9.17) is 5.11 Å². The third-order valence-corrected chi connectivity index (χ3v) is 4.02. The zero-order valence-corrected chi connectivity index (χ0v) is 12.8. The summed E-state index contributed by atoms with van der Waals surface area (Å²) in [5.41, 5.74) is -0.278. The van der Waals surface area contributed by atoms with E-state index in [9.17, 15) is 14.7 Å². The van der Waals surface area contributed by atoms with Crippen molar-refractivity contribution in [2.75, 3.05) is 6.54 Å². The molecule has 1 aromatic heterocycles. The average Bonchev–Trinajstić information content (AvgIpc) is 2.67. The summed E-state index contributed by atoms with van der Waals surface area (Å²) in [6, 6.07) is 1.87. The number of carbonyl (C=O) groups excluding carboxylic acids is 1. The molecule has 0 radical (unpaired) electrons. The van der Waals surface area contributed by atoms with Crippen LogP contribution in [0.2, 0.25) is 0 Å². The van der Waals surface area contributed by atoms with Crippen molar-refractivity contribution in [2.24, 2.45) is 0 Å². The van der Waals surface area contributed by atoms with Crippen LogP contribution in [0.25, 0.3) is 0 Å². The Hall–Kier alpha value is -1.40. The summed E-state index contributed by atoms with van der Waals surface area (Å²) in [4.78, 5) is 24.3. The summed E-state index contributed by atoms with van der Waals surface area (Å²) in [6.45, 7) is 5.37. The summed E-state index contributed by atoms with van der Waals surface area (Å²) in [6.07, 6.45) is 1.55. The normalized spacial score (nSPS) is 13.8. The van der Waals surface area contributed by atoms with Gasteiger partial charge in [-0.25, -0.2) is 0 Å². The number of carbonyl (C=O) groups is 2. The van der Waals surface area contributed by atoms with Crippen LogP contribution < -0.4 is 5.32 Å². The van der Waals surface area contributed by atoms with Crippen molar-refractivity contribution in [1.82, 2.24) is 5.32 Å². The Kier molecular flexibility index (Phi) is 5.71. The maximum atomic E-state index is 12.0. The SMILES string of the molecule is CCCc1cc(C(=O)NCC(C)(O)CC(=O)O)sc1C. The lowest BCUT2D eigenvalue weighted by Crippen LogP contribution is -2.41. The van der Waals surface area contributed by atoms with E-state index < -0.39 is 18.0 Å². The number of carboxylic acids is 1. The highest BCUT2D eigenvalue weighted by atomic mass is 32.1. The van der Waals surface area contributed by atoms with Crippen LogP contribution in [-0.4, -0.2) is 34.2 Å². The smallest absolute Gasteiger partial charge is 0.306 e. The number of aryl methyl sites for hydroxylation is 2. The average molecular weight is 299 g/mol. The molecule has 1 unspecified atom stereocenters. The number of hydrogen-bond acceptors (Lipinski definition) is 4. The number of amides is 1. The second-order valence-electron chi connectivity index (χ2n) is 5.19. The standard InChI is InChI=1S/C14H21NO4S/c1-4-5-10-6-11(20-9(10)2)13(18)15-8-14(3,19)7-12(16)17/h6,19H,4-5,7-8H2,1-3H3,(H,15,18)(H,16,17). The van der Waals surface area contributed by atoms with E-state index >= 15 is 0 Å². The Labute approximate surface area is 122 Å². The largest absolute Gasteiger partial charge is 0.481 e. The van der Waals surface area contributed by atoms with E-state index in [1.54, 1.807) is 0 Å². The molecular weight excluding hydrogens is 278 g/mol. The third kappa shape index (κ3) is 4.94. The number of carboxylic acid groups (broad SMARTS) is 1. The van der Waals surface area contributed by atoms with Gasteiger partial charge in [0.2, 0.25) is 0 Å². The van der Waals surface area contributed by atoms with Gasteiger partial charge in [-0.05, 0) is 31.9 Å². The molecule has 0 aliphatic rings. The zero-order chi connectivity index (χ0) is 15.3. The highest BCUT2D eigenvalue weighted by Crippen LogP contribution is 2.23. The van der Waals surface area contributed by atoms with Crippen LogP contribution in [0, 0.1) is 6.92 Å². The van der Waals surface area contributed by atoms with Crippen molar-refractivity contribution in [3.8, 4) is 0 Å². The minimum atomic E-state index is -1.44. The van der Waals surface area contributed by atoms with Crippen molar-refractivity contribution >= 4 is 23.2 Å². The first-order valence-corrected chi connectivity index (χ1v) is 7.38. The van der Waals surface area contributed by atoms with Gasteiger partial charge in [0.1, 0.15) is 0 Å². The molecule has 0 saturated carbocycles. The van der Waals surface area contributed by atoms with Crippen LogP contribution in [0.4, 0.5) is 0 Å². The fourth-order valence-corrected chi connectivity index (χ4v) is 2.88. The quantitative estimate of drug-likeness (QED) is 0.718. The van der Waals surface area contributed by atoms with Gasteiger partial charge in [-0.15, -0.1) is 11.3 Å². The fraction of sp³-hybridized carbons (Fsp3) is 0.571. The van der Waals surface area contributed by atoms with E-state index in [0.717, 1.165) is 17.7 Å². The Balaban J connectivity index is 2.63. The fourth-order valence-electron chi connectivity index (χ4n) is 1.90. The second-order valence-corrected chi connectivity index (χ2v) is 6.45. The topological polar surface area (TPSA) is 86.6 Å². The lowest BCUT2D eigenvalue weighted by atomic mass is 10.0. The molecule has 0 fully saturated rings.